The Kier molecular flexibility index (Phi) is 4.17. The molecule has 4 nitrogen and oxygen atoms in total. The Bertz CT molecular complexity index is 302. The van der Waals surface area contributed by atoms with Crippen molar-refractivity contribution in [3.05, 3.63) is 0 Å². The normalized spacial score (nSPS) is 18.5. The van der Waals surface area contributed by atoms with Crippen LogP contribution in [0.25, 0.3) is 0 Å². The first-order chi connectivity index (χ1) is 7.76. The molecule has 0 radical (unpaired) electrons. The molecular formula is C13H23NO3. The molecule has 1 rings (SSSR count). The molecule has 0 unspecified atom stereocenters. The monoisotopic (exact) mass is 241 g/mol. The van der Waals surface area contributed by atoms with Crippen molar-refractivity contribution in [2.45, 2.75) is 40.5 Å². The van der Waals surface area contributed by atoms with Gasteiger partial charge in [-0.15, -0.1) is 0 Å². The highest BCUT2D eigenvalue weighted by molar-refractivity contribution is 5.82. The smallest absolute Gasteiger partial charge is 0.306 e. The summed E-state index contributed by atoms with van der Waals surface area (Å²) in [4.78, 5) is 25.0. The second kappa shape index (κ2) is 5.07. The minimum atomic E-state index is -0.736. The second-order valence-corrected chi connectivity index (χ2v) is 5.78. The van der Waals surface area contributed by atoms with Crippen molar-refractivity contribution in [1.82, 2.24) is 4.90 Å². The van der Waals surface area contributed by atoms with Crippen LogP contribution in [0.4, 0.5) is 0 Å². The van der Waals surface area contributed by atoms with Gasteiger partial charge >= 0.3 is 5.97 Å². The van der Waals surface area contributed by atoms with Gasteiger partial charge in [-0.05, 0) is 18.8 Å². The number of rotatable bonds is 3. The van der Waals surface area contributed by atoms with Gasteiger partial charge in [-0.25, -0.2) is 0 Å². The van der Waals surface area contributed by atoms with Crippen LogP contribution in [0.3, 0.4) is 0 Å². The van der Waals surface area contributed by atoms with Crippen molar-refractivity contribution in [3.8, 4) is 0 Å². The summed E-state index contributed by atoms with van der Waals surface area (Å²) in [6.45, 7) is 9.16. The summed E-state index contributed by atoms with van der Waals surface area (Å²) in [5, 5.41) is 8.91. The number of carboxylic acids is 1. The summed E-state index contributed by atoms with van der Waals surface area (Å²) >= 11 is 0. The van der Waals surface area contributed by atoms with E-state index in [1.54, 1.807) is 0 Å². The first-order valence-electron chi connectivity index (χ1n) is 6.29. The van der Waals surface area contributed by atoms with E-state index in [-0.39, 0.29) is 23.2 Å². The number of aliphatic carboxylic acids is 1. The fourth-order valence-electron chi connectivity index (χ4n) is 1.98. The number of hydrogen-bond donors (Lipinski definition) is 1. The summed E-state index contributed by atoms with van der Waals surface area (Å²) in [6, 6.07) is 0. The van der Waals surface area contributed by atoms with Crippen LogP contribution in [0, 0.1) is 17.3 Å². The maximum Gasteiger partial charge on any atom is 0.306 e. The molecule has 1 N–H and O–H groups in total. The number of likely N-dealkylation sites (tertiary alicyclic amines) is 1. The standard InChI is InChI=1S/C13H23NO3/c1-9(2)13(3,4)12(17)14-7-5-10(6-8-14)11(15)16/h9-10H,5-8H2,1-4H3,(H,15,16). The maximum atomic E-state index is 12.3. The van der Waals surface area contributed by atoms with Gasteiger partial charge in [0.1, 0.15) is 0 Å². The average Bonchev–Trinajstić information content (AvgIpc) is 2.27. The predicted octanol–water partition coefficient (Wildman–Crippen LogP) is 1.99. The maximum absolute atomic E-state index is 12.3. The van der Waals surface area contributed by atoms with Crippen LogP contribution in [0.5, 0.6) is 0 Å². The fourth-order valence-corrected chi connectivity index (χ4v) is 1.98. The lowest BCUT2D eigenvalue weighted by Crippen LogP contribution is -2.47. The zero-order chi connectivity index (χ0) is 13.2. The lowest BCUT2D eigenvalue weighted by Gasteiger charge is -2.37. The van der Waals surface area contributed by atoms with E-state index in [9.17, 15) is 9.59 Å². The third-order valence-electron chi connectivity index (χ3n) is 4.13. The molecule has 0 aromatic carbocycles. The molecule has 98 valence electrons. The predicted molar refractivity (Wildman–Crippen MR) is 65.6 cm³/mol. The first-order valence-corrected chi connectivity index (χ1v) is 6.29. The second-order valence-electron chi connectivity index (χ2n) is 5.78. The third kappa shape index (κ3) is 2.99. The van der Waals surface area contributed by atoms with Crippen LogP contribution in [-0.2, 0) is 9.59 Å². The molecule has 17 heavy (non-hydrogen) atoms. The fraction of sp³-hybridized carbons (Fsp3) is 0.846. The number of carboxylic acid groups (broad SMARTS) is 1. The lowest BCUT2D eigenvalue weighted by molar-refractivity contribution is -0.149. The zero-order valence-electron chi connectivity index (χ0n) is 11.2. The Hall–Kier alpha value is -1.06. The summed E-state index contributed by atoms with van der Waals surface area (Å²) < 4.78 is 0. The Labute approximate surface area is 103 Å². The highest BCUT2D eigenvalue weighted by Crippen LogP contribution is 2.30. The van der Waals surface area contributed by atoms with E-state index in [0.717, 1.165) is 0 Å². The molecule has 0 aromatic rings. The molecule has 1 amide bonds. The van der Waals surface area contributed by atoms with E-state index in [2.05, 4.69) is 0 Å². The van der Waals surface area contributed by atoms with E-state index in [4.69, 9.17) is 5.11 Å². The van der Waals surface area contributed by atoms with Crippen molar-refractivity contribution >= 4 is 11.9 Å². The summed E-state index contributed by atoms with van der Waals surface area (Å²) in [5.74, 6) is -0.579. The van der Waals surface area contributed by atoms with E-state index < -0.39 is 5.97 Å². The minimum absolute atomic E-state index is 0.149. The van der Waals surface area contributed by atoms with Gasteiger partial charge < -0.3 is 10.0 Å². The van der Waals surface area contributed by atoms with Crippen LogP contribution < -0.4 is 0 Å². The Balaban J connectivity index is 2.60. The van der Waals surface area contributed by atoms with Gasteiger partial charge in [0.15, 0.2) is 0 Å². The SMILES string of the molecule is CC(C)C(C)(C)C(=O)N1CCC(C(=O)O)CC1. The number of carbonyl (C=O) groups is 2. The van der Waals surface area contributed by atoms with Crippen LogP contribution in [0.1, 0.15) is 40.5 Å². The molecule has 1 fully saturated rings. The quantitative estimate of drug-likeness (QED) is 0.822. The molecule has 0 aromatic heterocycles. The average molecular weight is 241 g/mol. The highest BCUT2D eigenvalue weighted by Gasteiger charge is 2.37. The number of piperidine rings is 1. The van der Waals surface area contributed by atoms with E-state index in [1.807, 2.05) is 32.6 Å². The molecule has 4 heteroatoms. The molecular weight excluding hydrogens is 218 g/mol. The number of hydrogen-bond acceptors (Lipinski definition) is 2. The van der Waals surface area contributed by atoms with Gasteiger partial charge in [0, 0.05) is 18.5 Å². The molecule has 0 atom stereocenters. The van der Waals surface area contributed by atoms with E-state index >= 15 is 0 Å². The van der Waals surface area contributed by atoms with Crippen LogP contribution in [-0.4, -0.2) is 35.0 Å². The van der Waals surface area contributed by atoms with Crippen LogP contribution >= 0.6 is 0 Å². The minimum Gasteiger partial charge on any atom is -0.481 e. The van der Waals surface area contributed by atoms with Gasteiger partial charge in [-0.3, -0.25) is 9.59 Å². The molecule has 1 saturated heterocycles. The number of nitrogens with zero attached hydrogens (tertiary/aromatic N) is 1. The van der Waals surface area contributed by atoms with Gasteiger partial charge in [-0.1, -0.05) is 27.7 Å². The van der Waals surface area contributed by atoms with Gasteiger partial charge in [0.2, 0.25) is 5.91 Å². The molecule has 0 bridgehead atoms. The largest absolute Gasteiger partial charge is 0.481 e. The molecule has 1 aliphatic rings. The topological polar surface area (TPSA) is 57.6 Å². The summed E-state index contributed by atoms with van der Waals surface area (Å²) in [7, 11) is 0. The van der Waals surface area contributed by atoms with Crippen molar-refractivity contribution in [2.24, 2.45) is 17.3 Å². The van der Waals surface area contributed by atoms with Crippen molar-refractivity contribution in [3.63, 3.8) is 0 Å². The number of carbonyl (C=O) groups excluding carboxylic acids is 1. The van der Waals surface area contributed by atoms with Crippen molar-refractivity contribution in [2.75, 3.05) is 13.1 Å². The first kappa shape index (κ1) is 14.0. The molecule has 1 aliphatic heterocycles. The molecule has 0 aliphatic carbocycles. The van der Waals surface area contributed by atoms with Crippen molar-refractivity contribution in [1.29, 1.82) is 0 Å². The lowest BCUT2D eigenvalue weighted by atomic mass is 9.79. The van der Waals surface area contributed by atoms with Crippen molar-refractivity contribution < 1.29 is 14.7 Å². The molecule has 1 heterocycles. The Morgan fingerprint density at radius 2 is 1.71 bits per heavy atom. The highest BCUT2D eigenvalue weighted by atomic mass is 16.4. The van der Waals surface area contributed by atoms with Crippen LogP contribution in [0.15, 0.2) is 0 Å². The summed E-state index contributed by atoms with van der Waals surface area (Å²) in [5.41, 5.74) is -0.365. The van der Waals surface area contributed by atoms with E-state index in [0.29, 0.717) is 25.9 Å². The zero-order valence-corrected chi connectivity index (χ0v) is 11.2. The number of amides is 1. The van der Waals surface area contributed by atoms with E-state index in [1.165, 1.54) is 0 Å². The van der Waals surface area contributed by atoms with Crippen LogP contribution in [0.2, 0.25) is 0 Å². The van der Waals surface area contributed by atoms with Gasteiger partial charge in [0.05, 0.1) is 5.92 Å². The third-order valence-corrected chi connectivity index (χ3v) is 4.13. The molecule has 0 saturated carbocycles. The Morgan fingerprint density at radius 1 is 1.24 bits per heavy atom. The van der Waals surface area contributed by atoms with Gasteiger partial charge in [0.25, 0.3) is 0 Å². The van der Waals surface area contributed by atoms with Gasteiger partial charge in [-0.2, -0.15) is 0 Å². The molecule has 0 spiro atoms. The Morgan fingerprint density at radius 3 is 2.06 bits per heavy atom. The summed E-state index contributed by atoms with van der Waals surface area (Å²) in [6.07, 6.45) is 1.16.